The molecule has 7 heteroatoms. The predicted octanol–water partition coefficient (Wildman–Crippen LogP) is 6.20. The van der Waals surface area contributed by atoms with E-state index in [1.807, 2.05) is 52.2 Å². The van der Waals surface area contributed by atoms with Crippen LogP contribution in [0.2, 0.25) is 0 Å². The monoisotopic (exact) mass is 528 g/mol. The van der Waals surface area contributed by atoms with Crippen molar-refractivity contribution in [1.82, 2.24) is 9.88 Å². The van der Waals surface area contributed by atoms with E-state index < -0.39 is 18.3 Å². The number of aromatic nitrogens is 1. The van der Waals surface area contributed by atoms with Crippen molar-refractivity contribution in [2.24, 2.45) is 0 Å². The lowest BCUT2D eigenvalue weighted by Gasteiger charge is -2.32. The number of rotatable bonds is 7. The van der Waals surface area contributed by atoms with Gasteiger partial charge >= 0.3 is 7.12 Å². The predicted molar refractivity (Wildman–Crippen MR) is 158 cm³/mol. The molecule has 0 amide bonds. The van der Waals surface area contributed by atoms with Gasteiger partial charge in [0, 0.05) is 29.6 Å². The molecule has 2 aromatic carbocycles. The summed E-state index contributed by atoms with van der Waals surface area (Å²) >= 11 is 0. The van der Waals surface area contributed by atoms with Crippen molar-refractivity contribution in [3.8, 4) is 33.8 Å². The molecule has 3 heterocycles. The van der Waals surface area contributed by atoms with Gasteiger partial charge in [-0.15, -0.1) is 0 Å². The summed E-state index contributed by atoms with van der Waals surface area (Å²) in [6, 6.07) is 13.5. The van der Waals surface area contributed by atoms with E-state index in [-0.39, 0.29) is 0 Å². The Morgan fingerprint density at radius 1 is 0.846 bits per heavy atom. The van der Waals surface area contributed by atoms with Gasteiger partial charge in [0.05, 0.1) is 30.9 Å². The molecule has 0 N–H and O–H groups in total. The highest BCUT2D eigenvalue weighted by molar-refractivity contribution is 6.64. The highest BCUT2D eigenvalue weighted by Gasteiger charge is 2.53. The number of benzene rings is 2. The second kappa shape index (κ2) is 10.6. The molecule has 1 aromatic heterocycles. The van der Waals surface area contributed by atoms with Crippen molar-refractivity contribution in [1.29, 1.82) is 0 Å². The van der Waals surface area contributed by atoms with Crippen molar-refractivity contribution in [2.45, 2.75) is 71.6 Å². The van der Waals surface area contributed by atoms with Crippen LogP contribution in [0.4, 0.5) is 0 Å². The second-order valence-electron chi connectivity index (χ2n) is 11.8. The van der Waals surface area contributed by atoms with Gasteiger partial charge in [-0.1, -0.05) is 24.3 Å². The Kier molecular flexibility index (Phi) is 7.53. The summed E-state index contributed by atoms with van der Waals surface area (Å²) in [4.78, 5) is 7.19. The molecule has 0 radical (unpaired) electrons. The highest BCUT2D eigenvalue weighted by Crippen LogP contribution is 2.40. The van der Waals surface area contributed by atoms with Crippen molar-refractivity contribution in [3.63, 3.8) is 0 Å². The van der Waals surface area contributed by atoms with Gasteiger partial charge in [0.25, 0.3) is 0 Å². The second-order valence-corrected chi connectivity index (χ2v) is 11.8. The van der Waals surface area contributed by atoms with E-state index in [0.717, 1.165) is 33.3 Å². The van der Waals surface area contributed by atoms with Crippen LogP contribution < -0.4 is 14.9 Å². The van der Waals surface area contributed by atoms with E-state index in [1.54, 1.807) is 14.2 Å². The zero-order valence-corrected chi connectivity index (χ0v) is 24.6. The van der Waals surface area contributed by atoms with Crippen LogP contribution in [0.5, 0.6) is 11.5 Å². The first kappa shape index (κ1) is 27.7. The molecule has 6 nitrogen and oxygen atoms in total. The van der Waals surface area contributed by atoms with Crippen LogP contribution in [0.25, 0.3) is 22.3 Å². The van der Waals surface area contributed by atoms with Gasteiger partial charge in [0.1, 0.15) is 11.5 Å². The lowest BCUT2D eigenvalue weighted by atomic mass is 9.76. The third kappa shape index (κ3) is 5.08. The van der Waals surface area contributed by atoms with Crippen LogP contribution in [0.1, 0.15) is 64.6 Å². The van der Waals surface area contributed by atoms with Gasteiger partial charge in [-0.2, -0.15) is 0 Å². The molecule has 5 rings (SSSR count). The van der Waals surface area contributed by atoms with Crippen molar-refractivity contribution in [2.75, 3.05) is 27.3 Å². The molecular formula is C32H41BN2O4. The summed E-state index contributed by atoms with van der Waals surface area (Å²) in [5.74, 6) is 1.32. The van der Waals surface area contributed by atoms with Crippen molar-refractivity contribution >= 4 is 12.6 Å². The first-order valence-corrected chi connectivity index (χ1v) is 14.0. The van der Waals surface area contributed by atoms with E-state index in [4.69, 9.17) is 18.8 Å². The third-order valence-corrected chi connectivity index (χ3v) is 8.95. The van der Waals surface area contributed by atoms with Gasteiger partial charge < -0.3 is 18.8 Å². The number of nitrogens with zero attached hydrogens (tertiary/aromatic N) is 2. The molecule has 1 unspecified atom stereocenters. The first-order valence-electron chi connectivity index (χ1n) is 14.0. The average Bonchev–Trinajstić information content (AvgIpc) is 3.53. The molecule has 39 heavy (non-hydrogen) atoms. The van der Waals surface area contributed by atoms with Gasteiger partial charge in [-0.25, -0.2) is 0 Å². The summed E-state index contributed by atoms with van der Waals surface area (Å²) in [5, 5.41) is 0. The lowest BCUT2D eigenvalue weighted by Crippen LogP contribution is -2.41. The Hall–Kier alpha value is -2.87. The number of ether oxygens (including phenoxy) is 2. The summed E-state index contributed by atoms with van der Waals surface area (Å²) in [7, 11) is 2.74. The maximum absolute atomic E-state index is 6.34. The fourth-order valence-corrected chi connectivity index (χ4v) is 5.68. The maximum Gasteiger partial charge on any atom is 0.502 e. The van der Waals surface area contributed by atoms with Crippen molar-refractivity contribution < 1.29 is 18.8 Å². The van der Waals surface area contributed by atoms with Gasteiger partial charge in [-0.05, 0) is 102 Å². The minimum Gasteiger partial charge on any atom is -0.497 e. The van der Waals surface area contributed by atoms with E-state index >= 15 is 0 Å². The SMILES string of the molecule is COc1cc(-c2cncc(-c3ccc(C(C)N4CCCC4)cc3)c2C)cc(OC)c1B1OC(C)(C)C(C)(C)O1. The molecule has 3 aromatic rings. The molecule has 1 atom stereocenters. The van der Waals surface area contributed by atoms with Crippen LogP contribution in [0, 0.1) is 6.92 Å². The topological polar surface area (TPSA) is 53.1 Å². The molecule has 2 saturated heterocycles. The molecule has 2 aliphatic heterocycles. The summed E-state index contributed by atoms with van der Waals surface area (Å²) in [5.41, 5.74) is 6.59. The Labute approximate surface area is 233 Å². The maximum atomic E-state index is 6.34. The Morgan fingerprint density at radius 2 is 1.36 bits per heavy atom. The van der Waals surface area contributed by atoms with Crippen molar-refractivity contribution in [3.05, 3.63) is 59.9 Å². The first-order chi connectivity index (χ1) is 18.6. The molecule has 0 bridgehead atoms. The van der Waals surface area contributed by atoms with Crippen LogP contribution in [-0.4, -0.2) is 55.5 Å². The molecule has 206 valence electrons. The van der Waals surface area contributed by atoms with E-state index in [0.29, 0.717) is 17.5 Å². The molecule has 2 fully saturated rings. The normalized spacial score (nSPS) is 19.3. The molecular weight excluding hydrogens is 487 g/mol. The number of likely N-dealkylation sites (tertiary alicyclic amines) is 1. The van der Waals surface area contributed by atoms with E-state index in [1.165, 1.54) is 31.5 Å². The van der Waals surface area contributed by atoms with Gasteiger partial charge in [-0.3, -0.25) is 9.88 Å². The molecule has 0 saturated carbocycles. The standard InChI is InChI=1S/C32H41BN2O4/c1-21-26(24-13-11-23(12-14-24)22(2)35-15-9-10-16-35)19-34-20-27(21)25-17-28(36-7)30(29(18-25)37-8)33-38-31(3,4)32(5,6)39-33/h11-14,17-20,22H,9-10,15-16H2,1-8H3. The smallest absolute Gasteiger partial charge is 0.497 e. The van der Waals surface area contributed by atoms with Crippen LogP contribution in [-0.2, 0) is 9.31 Å². The number of hydrogen-bond acceptors (Lipinski definition) is 6. The van der Waals surface area contributed by atoms with Crippen LogP contribution >= 0.6 is 0 Å². The number of hydrogen-bond donors (Lipinski definition) is 0. The van der Waals surface area contributed by atoms with E-state index in [9.17, 15) is 0 Å². The number of pyridine rings is 1. The number of methoxy groups -OCH3 is 2. The molecule has 0 spiro atoms. The average molecular weight is 529 g/mol. The summed E-state index contributed by atoms with van der Waals surface area (Å²) < 4.78 is 24.4. The minimum absolute atomic E-state index is 0.439. The van der Waals surface area contributed by atoms with E-state index in [2.05, 4.69) is 48.0 Å². The van der Waals surface area contributed by atoms with Crippen LogP contribution in [0.3, 0.4) is 0 Å². The van der Waals surface area contributed by atoms with Crippen LogP contribution in [0.15, 0.2) is 48.8 Å². The Bertz CT molecular complexity index is 1290. The molecule has 2 aliphatic rings. The zero-order chi connectivity index (χ0) is 27.9. The quantitative estimate of drug-likeness (QED) is 0.341. The summed E-state index contributed by atoms with van der Waals surface area (Å²) in [6.45, 7) is 15.0. The Balaban J connectivity index is 1.49. The largest absolute Gasteiger partial charge is 0.502 e. The minimum atomic E-state index is -0.596. The molecule has 0 aliphatic carbocycles. The fraction of sp³-hybridized carbons (Fsp3) is 0.469. The summed E-state index contributed by atoms with van der Waals surface area (Å²) in [6.07, 6.45) is 6.46. The zero-order valence-electron chi connectivity index (χ0n) is 24.6. The fourth-order valence-electron chi connectivity index (χ4n) is 5.68. The van der Waals surface area contributed by atoms with Gasteiger partial charge in [0.2, 0.25) is 0 Å². The third-order valence-electron chi connectivity index (χ3n) is 8.95. The van der Waals surface area contributed by atoms with Gasteiger partial charge in [0.15, 0.2) is 0 Å². The Morgan fingerprint density at radius 3 is 1.87 bits per heavy atom. The highest BCUT2D eigenvalue weighted by atomic mass is 16.7. The lowest BCUT2D eigenvalue weighted by molar-refractivity contribution is 0.00578.